The van der Waals surface area contributed by atoms with E-state index >= 15 is 0 Å². The van der Waals surface area contributed by atoms with Crippen molar-refractivity contribution in [2.45, 2.75) is 25.1 Å². The molecule has 0 heterocycles. The molecule has 0 radical (unpaired) electrons. The van der Waals surface area contributed by atoms with Crippen LogP contribution in [-0.4, -0.2) is 9.75 Å². The van der Waals surface area contributed by atoms with Crippen LogP contribution in [0.2, 0.25) is 0 Å². The second kappa shape index (κ2) is 5.39. The lowest BCUT2D eigenvalue weighted by molar-refractivity contribution is -0.387. The minimum absolute atomic E-state index is 0.234. The Hall–Kier alpha value is -0.970. The van der Waals surface area contributed by atoms with E-state index in [4.69, 9.17) is 0 Å². The topological polar surface area (TPSA) is 43.1 Å². The van der Waals surface area contributed by atoms with E-state index in [1.807, 2.05) is 0 Å². The van der Waals surface area contributed by atoms with Gasteiger partial charge in [0.15, 0.2) is 0 Å². The molecule has 0 aromatic heterocycles. The largest absolute Gasteiger partial charge is 0.305 e. The summed E-state index contributed by atoms with van der Waals surface area (Å²) in [6.07, 6.45) is 0.652. The lowest BCUT2D eigenvalue weighted by atomic mass is 10.0. The Kier molecular flexibility index (Phi) is 4.41. The third-order valence-corrected chi connectivity index (χ3v) is 3.74. The number of nitro groups is 1. The summed E-state index contributed by atoms with van der Waals surface area (Å²) in [6, 6.07) is 4.03. The molecular weight excluding hydrogens is 277 g/mol. The lowest BCUT2D eigenvalue weighted by Gasteiger charge is -2.13. The minimum Gasteiger partial charge on any atom is -0.258 e. The van der Waals surface area contributed by atoms with E-state index in [0.29, 0.717) is 12.3 Å². The van der Waals surface area contributed by atoms with E-state index in [-0.39, 0.29) is 4.83 Å². The maximum atomic E-state index is 13.1. The lowest BCUT2D eigenvalue weighted by Crippen LogP contribution is -2.10. The normalized spacial score (nSPS) is 12.8. The van der Waals surface area contributed by atoms with Crippen LogP contribution in [0.5, 0.6) is 0 Å². The van der Waals surface area contributed by atoms with Gasteiger partial charge in [-0.1, -0.05) is 35.8 Å². The molecule has 0 aliphatic heterocycles. The Labute approximate surface area is 102 Å². The predicted molar refractivity (Wildman–Crippen MR) is 64.3 cm³/mol. The first kappa shape index (κ1) is 13.1. The van der Waals surface area contributed by atoms with Crippen LogP contribution in [0.15, 0.2) is 18.2 Å². The Balaban J connectivity index is 2.91. The number of nitro benzene ring substituents is 1. The SMILES string of the molecule is CC(C)C(Br)Cc1ccc(F)c([N+](=O)[O-])c1. The summed E-state index contributed by atoms with van der Waals surface area (Å²) in [4.78, 5) is 10.1. The molecule has 88 valence electrons. The van der Waals surface area contributed by atoms with Crippen LogP contribution < -0.4 is 0 Å². The quantitative estimate of drug-likeness (QED) is 0.482. The zero-order valence-electron chi connectivity index (χ0n) is 9.11. The molecule has 1 atom stereocenters. The summed E-state index contributed by atoms with van der Waals surface area (Å²) in [7, 11) is 0. The van der Waals surface area contributed by atoms with Gasteiger partial charge in [-0.15, -0.1) is 0 Å². The van der Waals surface area contributed by atoms with Crippen molar-refractivity contribution in [2.75, 3.05) is 0 Å². The molecule has 0 amide bonds. The fourth-order valence-corrected chi connectivity index (χ4v) is 1.66. The van der Waals surface area contributed by atoms with Crippen LogP contribution >= 0.6 is 15.9 Å². The van der Waals surface area contributed by atoms with Gasteiger partial charge in [-0.05, 0) is 24.0 Å². The summed E-state index contributed by atoms with van der Waals surface area (Å²) in [5, 5.41) is 10.5. The smallest absolute Gasteiger partial charge is 0.258 e. The molecule has 0 aliphatic carbocycles. The summed E-state index contributed by atoms with van der Waals surface area (Å²) < 4.78 is 13.1. The number of halogens is 2. The second-order valence-electron chi connectivity index (χ2n) is 4.01. The summed E-state index contributed by atoms with van der Waals surface area (Å²) >= 11 is 3.50. The fourth-order valence-electron chi connectivity index (χ4n) is 1.29. The fraction of sp³-hybridized carbons (Fsp3) is 0.455. The van der Waals surface area contributed by atoms with Gasteiger partial charge in [0.25, 0.3) is 0 Å². The number of rotatable bonds is 4. The standard InChI is InChI=1S/C11H13BrFNO2/c1-7(2)9(12)5-8-3-4-10(13)11(6-8)14(15)16/h3-4,6-7,9H,5H2,1-2H3. The number of benzene rings is 1. The molecule has 0 fully saturated rings. The van der Waals surface area contributed by atoms with Crippen LogP contribution in [0.3, 0.4) is 0 Å². The molecule has 0 bridgehead atoms. The highest BCUT2D eigenvalue weighted by molar-refractivity contribution is 9.09. The van der Waals surface area contributed by atoms with Crippen molar-refractivity contribution in [3.8, 4) is 0 Å². The third kappa shape index (κ3) is 3.27. The molecule has 5 heteroatoms. The number of hydrogen-bond donors (Lipinski definition) is 0. The number of hydrogen-bond acceptors (Lipinski definition) is 2. The van der Waals surface area contributed by atoms with Crippen LogP contribution in [0.4, 0.5) is 10.1 Å². The first-order valence-electron chi connectivity index (χ1n) is 4.98. The first-order valence-corrected chi connectivity index (χ1v) is 5.90. The molecule has 1 rings (SSSR count). The van der Waals surface area contributed by atoms with E-state index in [2.05, 4.69) is 29.8 Å². The van der Waals surface area contributed by atoms with E-state index in [0.717, 1.165) is 11.6 Å². The molecule has 1 unspecified atom stereocenters. The molecule has 16 heavy (non-hydrogen) atoms. The number of alkyl halides is 1. The zero-order chi connectivity index (χ0) is 12.3. The molecule has 0 N–H and O–H groups in total. The first-order chi connectivity index (χ1) is 7.41. The minimum atomic E-state index is -0.788. The van der Waals surface area contributed by atoms with E-state index < -0.39 is 16.4 Å². The predicted octanol–water partition coefficient (Wildman–Crippen LogP) is 3.70. The van der Waals surface area contributed by atoms with Crippen LogP contribution in [0.25, 0.3) is 0 Å². The maximum absolute atomic E-state index is 13.1. The Morgan fingerprint density at radius 3 is 2.62 bits per heavy atom. The van der Waals surface area contributed by atoms with Crippen molar-refractivity contribution in [3.63, 3.8) is 0 Å². The Bertz CT molecular complexity index is 396. The molecular formula is C11H13BrFNO2. The molecule has 1 aromatic carbocycles. The molecule has 1 aromatic rings. The van der Waals surface area contributed by atoms with Crippen molar-refractivity contribution in [2.24, 2.45) is 5.92 Å². The molecule has 0 saturated carbocycles. The summed E-state index contributed by atoms with van der Waals surface area (Å²) in [6.45, 7) is 4.11. The monoisotopic (exact) mass is 289 g/mol. The second-order valence-corrected chi connectivity index (χ2v) is 5.18. The average molecular weight is 290 g/mol. The summed E-state index contributed by atoms with van der Waals surface area (Å²) in [5.41, 5.74) is 0.310. The highest BCUT2D eigenvalue weighted by atomic mass is 79.9. The summed E-state index contributed by atoms with van der Waals surface area (Å²) in [5.74, 6) is -0.367. The van der Waals surface area contributed by atoms with Crippen LogP contribution in [0.1, 0.15) is 19.4 Å². The van der Waals surface area contributed by atoms with E-state index in [9.17, 15) is 14.5 Å². The van der Waals surface area contributed by atoms with Gasteiger partial charge in [-0.2, -0.15) is 4.39 Å². The van der Waals surface area contributed by atoms with Crippen molar-refractivity contribution >= 4 is 21.6 Å². The van der Waals surface area contributed by atoms with Crippen molar-refractivity contribution in [1.82, 2.24) is 0 Å². The third-order valence-electron chi connectivity index (χ3n) is 2.36. The highest BCUT2D eigenvalue weighted by Crippen LogP contribution is 2.23. The van der Waals surface area contributed by atoms with Gasteiger partial charge in [0.05, 0.1) is 4.92 Å². The van der Waals surface area contributed by atoms with Gasteiger partial charge in [-0.25, -0.2) is 0 Å². The maximum Gasteiger partial charge on any atom is 0.305 e. The van der Waals surface area contributed by atoms with Gasteiger partial charge < -0.3 is 0 Å². The highest BCUT2D eigenvalue weighted by Gasteiger charge is 2.16. The molecule has 0 saturated heterocycles. The van der Waals surface area contributed by atoms with Crippen molar-refractivity contribution in [1.29, 1.82) is 0 Å². The van der Waals surface area contributed by atoms with Crippen molar-refractivity contribution in [3.05, 3.63) is 39.7 Å². The zero-order valence-corrected chi connectivity index (χ0v) is 10.7. The van der Waals surface area contributed by atoms with E-state index in [1.165, 1.54) is 6.07 Å². The molecule has 0 aliphatic rings. The van der Waals surface area contributed by atoms with E-state index in [1.54, 1.807) is 6.07 Å². The van der Waals surface area contributed by atoms with Gasteiger partial charge in [0, 0.05) is 10.9 Å². The van der Waals surface area contributed by atoms with Crippen LogP contribution in [-0.2, 0) is 6.42 Å². The van der Waals surface area contributed by atoms with Gasteiger partial charge >= 0.3 is 5.69 Å². The van der Waals surface area contributed by atoms with Gasteiger partial charge in [0.1, 0.15) is 0 Å². The van der Waals surface area contributed by atoms with Gasteiger partial charge in [0.2, 0.25) is 5.82 Å². The molecule has 3 nitrogen and oxygen atoms in total. The van der Waals surface area contributed by atoms with Crippen molar-refractivity contribution < 1.29 is 9.31 Å². The Morgan fingerprint density at radius 1 is 1.50 bits per heavy atom. The molecule has 0 spiro atoms. The van der Waals surface area contributed by atoms with Crippen LogP contribution in [0, 0.1) is 21.8 Å². The number of nitrogens with zero attached hydrogens (tertiary/aromatic N) is 1. The Morgan fingerprint density at radius 2 is 2.12 bits per heavy atom. The van der Waals surface area contributed by atoms with Gasteiger partial charge in [-0.3, -0.25) is 10.1 Å². The average Bonchev–Trinajstić information content (AvgIpc) is 2.20.